The van der Waals surface area contributed by atoms with Crippen molar-refractivity contribution >= 4 is 38.5 Å². The smallest absolute Gasteiger partial charge is 0.254 e. The molecule has 0 saturated heterocycles. The van der Waals surface area contributed by atoms with E-state index >= 15 is 0 Å². The highest BCUT2D eigenvalue weighted by Crippen LogP contribution is 2.46. The van der Waals surface area contributed by atoms with Crippen molar-refractivity contribution in [2.24, 2.45) is 0 Å². The van der Waals surface area contributed by atoms with E-state index < -0.39 is 12.0 Å². The number of carbonyl (C=O) groups is 2. The quantitative estimate of drug-likeness (QED) is 0.362. The normalized spacial score (nSPS) is 16.7. The second kappa shape index (κ2) is 10.2. The Kier molecular flexibility index (Phi) is 6.81. The van der Waals surface area contributed by atoms with E-state index in [1.807, 2.05) is 42.5 Å². The van der Waals surface area contributed by atoms with E-state index in [9.17, 15) is 9.59 Å². The van der Waals surface area contributed by atoms with Crippen LogP contribution in [-0.4, -0.2) is 57.2 Å². The Morgan fingerprint density at radius 3 is 2.21 bits per heavy atom. The van der Waals surface area contributed by atoms with Crippen molar-refractivity contribution in [3.8, 4) is 23.0 Å². The van der Waals surface area contributed by atoms with Gasteiger partial charge in [0.1, 0.15) is 11.5 Å². The van der Waals surface area contributed by atoms with Gasteiger partial charge in [0.25, 0.3) is 5.91 Å². The maximum atomic E-state index is 14.0. The van der Waals surface area contributed by atoms with Gasteiger partial charge in [0.15, 0.2) is 16.6 Å². The number of thiazole rings is 1. The molecule has 0 bridgehead atoms. The summed E-state index contributed by atoms with van der Waals surface area (Å²) in [5.74, 6) is 0.944. The van der Waals surface area contributed by atoms with E-state index in [-0.39, 0.29) is 11.8 Å². The molecule has 5 rings (SSSR count). The van der Waals surface area contributed by atoms with Crippen molar-refractivity contribution in [3.63, 3.8) is 0 Å². The van der Waals surface area contributed by atoms with Gasteiger partial charge in [0.2, 0.25) is 5.91 Å². The van der Waals surface area contributed by atoms with Crippen molar-refractivity contribution in [2.75, 3.05) is 40.8 Å². The molecule has 0 fully saturated rings. The zero-order valence-electron chi connectivity index (χ0n) is 21.6. The van der Waals surface area contributed by atoms with Crippen molar-refractivity contribution in [1.82, 2.24) is 9.88 Å². The predicted molar refractivity (Wildman–Crippen MR) is 145 cm³/mol. The summed E-state index contributed by atoms with van der Waals surface area (Å²) < 4.78 is 22.5. The number of nitrogens with one attached hydrogen (secondary N) is 1. The lowest BCUT2D eigenvalue weighted by Crippen LogP contribution is -2.44. The number of carbonyl (C=O) groups excluding carboxylic acids is 2. The molecule has 10 heteroatoms. The van der Waals surface area contributed by atoms with Crippen LogP contribution in [0.2, 0.25) is 0 Å². The third kappa shape index (κ3) is 4.37. The van der Waals surface area contributed by atoms with Crippen LogP contribution in [-0.2, 0) is 4.79 Å². The Bertz CT molecular complexity index is 1520. The first-order valence-corrected chi connectivity index (χ1v) is 12.6. The number of methoxy groups -OCH3 is 4. The molecule has 2 atom stereocenters. The fraction of sp³-hybridized carbons (Fsp3) is 0.250. The number of ether oxygens (including phenoxy) is 4. The minimum Gasteiger partial charge on any atom is -0.497 e. The Balaban J connectivity index is 1.62. The minimum absolute atomic E-state index is 0.224. The molecule has 1 aliphatic heterocycles. The molecule has 0 saturated carbocycles. The van der Waals surface area contributed by atoms with Gasteiger partial charge in [-0.2, -0.15) is 0 Å². The summed E-state index contributed by atoms with van der Waals surface area (Å²) in [6.07, 6.45) is 0. The number of amides is 2. The average molecular weight is 534 g/mol. The summed E-state index contributed by atoms with van der Waals surface area (Å²) in [6.45, 7) is 0. The fourth-order valence-electron chi connectivity index (χ4n) is 4.82. The molecule has 1 aliphatic rings. The molecule has 0 radical (unpaired) electrons. The van der Waals surface area contributed by atoms with E-state index in [1.54, 1.807) is 38.3 Å². The molecule has 0 spiro atoms. The Hall–Kier alpha value is -4.31. The summed E-state index contributed by atoms with van der Waals surface area (Å²) >= 11 is 1.35. The molecule has 2 heterocycles. The molecular weight excluding hydrogens is 506 g/mol. The first-order chi connectivity index (χ1) is 18.4. The average Bonchev–Trinajstić information content (AvgIpc) is 3.35. The van der Waals surface area contributed by atoms with E-state index in [4.69, 9.17) is 18.9 Å². The number of fused-ring (bicyclic) bond motifs is 2. The van der Waals surface area contributed by atoms with Gasteiger partial charge in [-0.1, -0.05) is 23.5 Å². The molecule has 1 N–H and O–H groups in total. The lowest BCUT2D eigenvalue weighted by Gasteiger charge is -2.40. The van der Waals surface area contributed by atoms with Crippen LogP contribution in [0.15, 0.2) is 54.6 Å². The van der Waals surface area contributed by atoms with Gasteiger partial charge in [-0.3, -0.25) is 9.59 Å². The summed E-state index contributed by atoms with van der Waals surface area (Å²) in [5.41, 5.74) is 2.47. The first kappa shape index (κ1) is 25.3. The number of anilines is 1. The lowest BCUT2D eigenvalue weighted by molar-refractivity contribution is -0.119. The highest BCUT2D eigenvalue weighted by atomic mass is 32.1. The van der Waals surface area contributed by atoms with Crippen molar-refractivity contribution in [1.29, 1.82) is 0 Å². The number of hydrogen-bond donors (Lipinski definition) is 1. The number of likely N-dealkylation sites (N-methyl/N-ethyl adjacent to an activating group) is 1. The van der Waals surface area contributed by atoms with Crippen LogP contribution in [0.25, 0.3) is 10.2 Å². The maximum absolute atomic E-state index is 14.0. The standard InChI is InChI=1S/C28H27N3O6S/c1-31-25(15-6-8-16(34-2)9-7-15)24(18-13-21(36-4)22(37-5)14-19(18)27(31)33)26(32)30-28-29-20-11-10-17(35-3)12-23(20)38-28/h6-14,24-25H,1-5H3,(H,29,30,32)/t24-,25-/m0/s1. The molecular formula is C28H27N3O6S. The van der Waals surface area contributed by atoms with Gasteiger partial charge in [-0.15, -0.1) is 0 Å². The topological polar surface area (TPSA) is 99.2 Å². The molecule has 196 valence electrons. The third-order valence-electron chi connectivity index (χ3n) is 6.74. The Labute approximate surface area is 223 Å². The predicted octanol–water partition coefficient (Wildman–Crippen LogP) is 4.88. The van der Waals surface area contributed by atoms with Crippen LogP contribution in [0.5, 0.6) is 23.0 Å². The zero-order valence-corrected chi connectivity index (χ0v) is 22.4. The van der Waals surface area contributed by atoms with E-state index in [0.717, 1.165) is 15.8 Å². The molecule has 2 amide bonds. The van der Waals surface area contributed by atoms with Crippen LogP contribution in [0.3, 0.4) is 0 Å². The van der Waals surface area contributed by atoms with Crippen molar-refractivity contribution in [3.05, 3.63) is 71.3 Å². The molecule has 0 unspecified atom stereocenters. The maximum Gasteiger partial charge on any atom is 0.254 e. The second-order valence-electron chi connectivity index (χ2n) is 8.75. The van der Waals surface area contributed by atoms with Crippen molar-refractivity contribution in [2.45, 2.75) is 12.0 Å². The second-order valence-corrected chi connectivity index (χ2v) is 9.78. The molecule has 9 nitrogen and oxygen atoms in total. The van der Waals surface area contributed by atoms with Crippen molar-refractivity contribution < 1.29 is 28.5 Å². The lowest BCUT2D eigenvalue weighted by atomic mass is 9.79. The van der Waals surface area contributed by atoms with Crippen LogP contribution < -0.4 is 24.3 Å². The summed E-state index contributed by atoms with van der Waals surface area (Å²) in [5, 5.41) is 3.45. The summed E-state index contributed by atoms with van der Waals surface area (Å²) in [7, 11) is 7.91. The van der Waals surface area contributed by atoms with Gasteiger partial charge in [0, 0.05) is 12.6 Å². The number of hydrogen-bond acceptors (Lipinski definition) is 8. The number of nitrogens with zero attached hydrogens (tertiary/aromatic N) is 2. The molecule has 4 aromatic rings. The summed E-state index contributed by atoms with van der Waals surface area (Å²) in [4.78, 5) is 33.8. The van der Waals surface area contributed by atoms with Crippen LogP contribution in [0.4, 0.5) is 5.13 Å². The van der Waals surface area contributed by atoms with Gasteiger partial charge < -0.3 is 29.2 Å². The Morgan fingerprint density at radius 1 is 0.895 bits per heavy atom. The molecule has 1 aromatic heterocycles. The number of benzene rings is 3. The largest absolute Gasteiger partial charge is 0.497 e. The van der Waals surface area contributed by atoms with E-state index in [1.165, 1.54) is 25.6 Å². The third-order valence-corrected chi connectivity index (χ3v) is 7.67. The fourth-order valence-corrected chi connectivity index (χ4v) is 5.71. The number of rotatable bonds is 7. The SMILES string of the molecule is COc1ccc([C@H]2[C@@H](C(=O)Nc3nc4ccc(OC)cc4s3)c3cc(OC)c(OC)cc3C(=O)N2C)cc1. The van der Waals surface area contributed by atoms with Crippen LogP contribution in [0.1, 0.15) is 33.4 Å². The molecule has 3 aromatic carbocycles. The van der Waals surface area contributed by atoms with Crippen LogP contribution >= 0.6 is 11.3 Å². The molecule has 0 aliphatic carbocycles. The first-order valence-electron chi connectivity index (χ1n) is 11.8. The van der Waals surface area contributed by atoms with Gasteiger partial charge in [-0.05, 0) is 53.6 Å². The van der Waals surface area contributed by atoms with Gasteiger partial charge >= 0.3 is 0 Å². The highest BCUT2D eigenvalue weighted by molar-refractivity contribution is 7.22. The van der Waals surface area contributed by atoms with Gasteiger partial charge in [0.05, 0.1) is 50.6 Å². The van der Waals surface area contributed by atoms with Gasteiger partial charge in [-0.25, -0.2) is 4.98 Å². The van der Waals surface area contributed by atoms with E-state index in [0.29, 0.717) is 39.3 Å². The molecule has 38 heavy (non-hydrogen) atoms. The number of aromatic nitrogens is 1. The Morgan fingerprint density at radius 2 is 1.55 bits per heavy atom. The highest BCUT2D eigenvalue weighted by Gasteiger charge is 2.44. The minimum atomic E-state index is -0.762. The zero-order chi connectivity index (χ0) is 27.0. The van der Waals surface area contributed by atoms with E-state index in [2.05, 4.69) is 10.3 Å². The summed E-state index contributed by atoms with van der Waals surface area (Å²) in [6, 6.07) is 15.7. The monoisotopic (exact) mass is 533 g/mol. The van der Waals surface area contributed by atoms with Crippen LogP contribution in [0, 0.1) is 0 Å².